The van der Waals surface area contributed by atoms with E-state index in [-0.39, 0.29) is 22.7 Å². The number of amides is 1. The molecule has 7 nitrogen and oxygen atoms in total. The van der Waals surface area contributed by atoms with E-state index in [1.54, 1.807) is 20.8 Å². The molecule has 2 heterocycles. The molecule has 0 spiro atoms. The maximum atomic E-state index is 12.0. The fourth-order valence-electron chi connectivity index (χ4n) is 2.15. The van der Waals surface area contributed by atoms with E-state index in [2.05, 4.69) is 4.98 Å². The van der Waals surface area contributed by atoms with E-state index in [4.69, 9.17) is 26.2 Å². The minimum absolute atomic E-state index is 0.0407. The van der Waals surface area contributed by atoms with Crippen molar-refractivity contribution < 1.29 is 24.2 Å². The number of hydrogen-bond donors (Lipinski definition) is 1. The van der Waals surface area contributed by atoms with Crippen LogP contribution in [0.5, 0.6) is 5.88 Å². The summed E-state index contributed by atoms with van der Waals surface area (Å²) in [6.45, 7) is 6.17. The largest absolute Gasteiger partial charge is 0.477 e. The minimum Gasteiger partial charge on any atom is -0.477 e. The van der Waals surface area contributed by atoms with E-state index in [1.807, 2.05) is 0 Å². The number of hydrogen-bond acceptors (Lipinski definition) is 5. The van der Waals surface area contributed by atoms with Crippen LogP contribution in [0.1, 0.15) is 37.6 Å². The Morgan fingerprint density at radius 1 is 1.39 bits per heavy atom. The molecule has 2 rings (SSSR count). The zero-order chi connectivity index (χ0) is 17.2. The molecule has 1 aliphatic heterocycles. The molecule has 1 aromatic heterocycles. The number of likely N-dealkylation sites (tertiary alicyclic amines) is 1. The SMILES string of the molecule is CC(C)(C)OC(=O)N1CC[C@H](Oc2nc(Cl)ccc2C(=O)O)C1. The third kappa shape index (κ3) is 4.72. The normalized spacial score (nSPS) is 17.9. The fourth-order valence-corrected chi connectivity index (χ4v) is 2.28. The summed E-state index contributed by atoms with van der Waals surface area (Å²) in [5, 5.41) is 9.30. The molecule has 0 radical (unpaired) electrons. The predicted octanol–water partition coefficient (Wildman–Crippen LogP) is 2.82. The van der Waals surface area contributed by atoms with E-state index in [1.165, 1.54) is 17.0 Å². The summed E-state index contributed by atoms with van der Waals surface area (Å²) in [7, 11) is 0. The lowest BCUT2D eigenvalue weighted by Gasteiger charge is -2.24. The molecule has 1 amide bonds. The van der Waals surface area contributed by atoms with E-state index in [0.717, 1.165) is 0 Å². The zero-order valence-electron chi connectivity index (χ0n) is 13.2. The van der Waals surface area contributed by atoms with E-state index in [0.29, 0.717) is 19.5 Å². The first-order valence-electron chi connectivity index (χ1n) is 7.20. The number of ether oxygens (including phenoxy) is 2. The minimum atomic E-state index is -1.15. The monoisotopic (exact) mass is 342 g/mol. The highest BCUT2D eigenvalue weighted by Gasteiger charge is 2.31. The van der Waals surface area contributed by atoms with E-state index >= 15 is 0 Å². The summed E-state index contributed by atoms with van der Waals surface area (Å²) in [4.78, 5) is 28.6. The van der Waals surface area contributed by atoms with Crippen LogP contribution >= 0.6 is 11.6 Å². The van der Waals surface area contributed by atoms with Crippen molar-refractivity contribution in [1.82, 2.24) is 9.88 Å². The molecular formula is C15H19ClN2O5. The van der Waals surface area contributed by atoms with Crippen molar-refractivity contribution in [2.45, 2.75) is 38.9 Å². The molecule has 23 heavy (non-hydrogen) atoms. The molecule has 1 fully saturated rings. The lowest BCUT2D eigenvalue weighted by molar-refractivity contribution is 0.0273. The molecule has 0 saturated carbocycles. The number of pyridine rings is 1. The Balaban J connectivity index is 2.02. The maximum absolute atomic E-state index is 12.0. The van der Waals surface area contributed by atoms with Crippen LogP contribution in [-0.2, 0) is 4.74 Å². The van der Waals surface area contributed by atoms with E-state index in [9.17, 15) is 9.59 Å². The van der Waals surface area contributed by atoms with Gasteiger partial charge in [0.2, 0.25) is 5.88 Å². The van der Waals surface area contributed by atoms with Crippen molar-refractivity contribution in [2.24, 2.45) is 0 Å². The van der Waals surface area contributed by atoms with Crippen LogP contribution < -0.4 is 4.74 Å². The van der Waals surface area contributed by atoms with Crippen molar-refractivity contribution in [3.05, 3.63) is 22.8 Å². The third-order valence-corrected chi connectivity index (χ3v) is 3.34. The van der Waals surface area contributed by atoms with Crippen molar-refractivity contribution >= 4 is 23.7 Å². The highest BCUT2D eigenvalue weighted by atomic mass is 35.5. The molecule has 8 heteroatoms. The molecule has 0 aromatic carbocycles. The van der Waals surface area contributed by atoms with Crippen LogP contribution in [0.3, 0.4) is 0 Å². The number of nitrogens with zero attached hydrogens (tertiary/aromatic N) is 2. The van der Waals surface area contributed by atoms with Crippen molar-refractivity contribution in [3.8, 4) is 5.88 Å². The topological polar surface area (TPSA) is 89.0 Å². The Morgan fingerprint density at radius 3 is 2.70 bits per heavy atom. The zero-order valence-corrected chi connectivity index (χ0v) is 14.0. The molecule has 1 atom stereocenters. The standard InChI is InChI=1S/C15H19ClN2O5/c1-15(2,3)23-14(21)18-7-6-9(8-18)22-12-10(13(19)20)4-5-11(16)17-12/h4-5,9H,6-8H2,1-3H3,(H,19,20)/t9-/m0/s1. The second-order valence-corrected chi connectivity index (χ2v) is 6.63. The Bertz CT molecular complexity index is 614. The van der Waals surface area contributed by atoms with Gasteiger partial charge in [0.25, 0.3) is 0 Å². The van der Waals surface area contributed by atoms with Crippen molar-refractivity contribution in [3.63, 3.8) is 0 Å². The maximum Gasteiger partial charge on any atom is 0.410 e. The molecule has 0 bridgehead atoms. The van der Waals surface area contributed by atoms with Crippen molar-refractivity contribution in [2.75, 3.05) is 13.1 Å². The molecule has 0 unspecified atom stereocenters. The number of halogens is 1. The Hall–Kier alpha value is -2.02. The lowest BCUT2D eigenvalue weighted by atomic mass is 10.2. The first-order chi connectivity index (χ1) is 10.7. The Kier molecular flexibility index (Phi) is 4.99. The van der Waals surface area contributed by atoms with Gasteiger partial charge in [-0.1, -0.05) is 11.6 Å². The fraction of sp³-hybridized carbons (Fsp3) is 0.533. The summed E-state index contributed by atoms with van der Waals surface area (Å²) in [5.41, 5.74) is -0.633. The number of aromatic carboxylic acids is 1. The molecule has 1 aromatic rings. The predicted molar refractivity (Wildman–Crippen MR) is 83.0 cm³/mol. The van der Waals surface area contributed by atoms with Crippen LogP contribution in [0.2, 0.25) is 5.15 Å². The van der Waals surface area contributed by atoms with Gasteiger partial charge < -0.3 is 19.5 Å². The summed E-state index contributed by atoms with van der Waals surface area (Å²) in [6, 6.07) is 2.73. The Morgan fingerprint density at radius 2 is 2.09 bits per heavy atom. The number of aromatic nitrogens is 1. The van der Waals surface area contributed by atoms with Gasteiger partial charge in [0.05, 0.1) is 6.54 Å². The van der Waals surface area contributed by atoms with Gasteiger partial charge in [-0.2, -0.15) is 0 Å². The molecule has 1 aliphatic rings. The van der Waals surface area contributed by atoms with Crippen LogP contribution in [0.25, 0.3) is 0 Å². The Labute approximate surface area is 139 Å². The lowest BCUT2D eigenvalue weighted by Crippen LogP contribution is -2.36. The first kappa shape index (κ1) is 17.3. The highest BCUT2D eigenvalue weighted by Crippen LogP contribution is 2.24. The van der Waals surface area contributed by atoms with Gasteiger partial charge in [-0.05, 0) is 32.9 Å². The number of rotatable bonds is 3. The molecular weight excluding hydrogens is 324 g/mol. The molecule has 126 valence electrons. The molecule has 0 aliphatic carbocycles. The van der Waals surface area contributed by atoms with Gasteiger partial charge in [-0.15, -0.1) is 0 Å². The first-order valence-corrected chi connectivity index (χ1v) is 7.58. The van der Waals surface area contributed by atoms with Gasteiger partial charge in [0.1, 0.15) is 22.4 Å². The average molecular weight is 343 g/mol. The number of carbonyl (C=O) groups is 2. The number of carboxylic acids is 1. The average Bonchev–Trinajstić information content (AvgIpc) is 2.85. The van der Waals surface area contributed by atoms with Crippen molar-refractivity contribution in [1.29, 1.82) is 0 Å². The van der Waals surface area contributed by atoms with Crippen LogP contribution in [0.4, 0.5) is 4.79 Å². The smallest absolute Gasteiger partial charge is 0.410 e. The summed E-state index contributed by atoms with van der Waals surface area (Å²) in [5.74, 6) is -1.19. The second-order valence-electron chi connectivity index (χ2n) is 6.25. The second kappa shape index (κ2) is 6.62. The number of carboxylic acid groups (broad SMARTS) is 1. The highest BCUT2D eigenvalue weighted by molar-refractivity contribution is 6.29. The van der Waals surface area contributed by atoms with Gasteiger partial charge in [0.15, 0.2) is 0 Å². The van der Waals surface area contributed by atoms with Crippen LogP contribution in [-0.4, -0.2) is 51.8 Å². The number of carbonyl (C=O) groups excluding carboxylic acids is 1. The van der Waals surface area contributed by atoms with Gasteiger partial charge in [-0.25, -0.2) is 14.6 Å². The van der Waals surface area contributed by atoms with Crippen LogP contribution in [0.15, 0.2) is 12.1 Å². The third-order valence-electron chi connectivity index (χ3n) is 3.13. The van der Waals surface area contributed by atoms with E-state index < -0.39 is 17.7 Å². The van der Waals surface area contributed by atoms with Crippen LogP contribution in [0, 0.1) is 0 Å². The van der Waals surface area contributed by atoms with Gasteiger partial charge >= 0.3 is 12.1 Å². The van der Waals surface area contributed by atoms with Gasteiger partial charge in [-0.3, -0.25) is 0 Å². The quantitative estimate of drug-likeness (QED) is 0.850. The summed E-state index contributed by atoms with van der Waals surface area (Å²) < 4.78 is 10.9. The summed E-state index contributed by atoms with van der Waals surface area (Å²) in [6.07, 6.45) is -0.209. The van der Waals surface area contributed by atoms with Gasteiger partial charge in [0, 0.05) is 13.0 Å². The summed E-state index contributed by atoms with van der Waals surface area (Å²) >= 11 is 5.79. The molecule has 1 N–H and O–H groups in total. The molecule has 1 saturated heterocycles.